The number of aryl methyl sites for hydroxylation is 2. The van der Waals surface area contributed by atoms with E-state index in [1.54, 1.807) is 61.4 Å². The van der Waals surface area contributed by atoms with E-state index in [0.29, 0.717) is 32.5 Å². The zero-order valence-electron chi connectivity index (χ0n) is 71.8. The van der Waals surface area contributed by atoms with Crippen LogP contribution in [0.5, 0.6) is 0 Å². The number of nitrogens with zero attached hydrogens (tertiary/aromatic N) is 12. The number of hydrogen-bond acceptors (Lipinski definition) is 9. The Morgan fingerprint density at radius 2 is 0.881 bits per heavy atom. The molecule has 3 aliphatic heterocycles. The second-order valence-corrected chi connectivity index (χ2v) is 36.5. The van der Waals surface area contributed by atoms with Gasteiger partial charge in [0, 0.05) is 84.9 Å². The van der Waals surface area contributed by atoms with Crippen LogP contribution >= 0.6 is 0 Å². The molecule has 15 nitrogen and oxygen atoms in total. The van der Waals surface area contributed by atoms with E-state index < -0.39 is 0 Å². The number of allylic oxidation sites excluding steroid dienone is 4. The van der Waals surface area contributed by atoms with Gasteiger partial charge in [0.15, 0.2) is 0 Å². The van der Waals surface area contributed by atoms with E-state index in [0.717, 1.165) is 65.4 Å². The van der Waals surface area contributed by atoms with Gasteiger partial charge in [-0.1, -0.05) is 217 Å². The van der Waals surface area contributed by atoms with Crippen LogP contribution in [0.4, 0.5) is 0 Å². The van der Waals surface area contributed by atoms with Crippen molar-refractivity contribution in [2.45, 2.75) is 279 Å². The Bertz CT molecular complexity index is 3010. The molecule has 15 heteroatoms. The van der Waals surface area contributed by atoms with Crippen LogP contribution in [-0.4, -0.2) is 89.7 Å². The highest BCUT2D eigenvalue weighted by Gasteiger charge is 2.15. The fourth-order valence-corrected chi connectivity index (χ4v) is 5.18. The van der Waals surface area contributed by atoms with Crippen molar-refractivity contribution in [2.24, 2.45) is 47.5 Å². The topological polar surface area (TPSA) is 177 Å². The lowest BCUT2D eigenvalue weighted by molar-refractivity contribution is 0.354. The lowest BCUT2D eigenvalue weighted by atomic mass is 10.0. The van der Waals surface area contributed by atoms with Crippen LogP contribution in [0, 0.1) is 46.3 Å². The molecule has 0 aliphatic carbocycles. The molecule has 0 aromatic carbocycles. The zero-order valence-corrected chi connectivity index (χ0v) is 71.8. The maximum Gasteiger partial charge on any atom is 0.132 e. The van der Waals surface area contributed by atoms with Gasteiger partial charge in [-0.3, -0.25) is 34.5 Å². The number of hydrogen-bond donors (Lipinski definition) is 3. The molecule has 0 unspecified atom stereocenters. The Balaban J connectivity index is -0.000000242. The van der Waals surface area contributed by atoms with Crippen molar-refractivity contribution >= 4 is 41.4 Å². The summed E-state index contributed by atoms with van der Waals surface area (Å²) >= 11 is 0. The van der Waals surface area contributed by atoms with Gasteiger partial charge in [0.25, 0.3) is 0 Å². The summed E-state index contributed by atoms with van der Waals surface area (Å²) in [6.07, 6.45) is 36.3. The first kappa shape index (κ1) is 104. The monoisotopic (exact) mass is 1400 g/mol. The third kappa shape index (κ3) is 92.2. The van der Waals surface area contributed by atoms with Crippen molar-refractivity contribution in [3.63, 3.8) is 0 Å². The SMILES string of the molecule is C=CC1=NCC=C1.C=Cc1ccn(C(C)(C)C)n1.C=Cc1ccn[nH]1.C=Cc1ncc[nH]1.C=Cc1nccn1C(C)(C)C.CC(C)(C)C.CC(C)(C)C.CC(C)(C)C.CC(C)(C)C.CC(C)(C)C.CC(C)(C)C.CC1=NC=CC1.CC1=NCC=C1.Cc1ccn(C(C)(C)C)n1.Cc1ccn[nH]1. The summed E-state index contributed by atoms with van der Waals surface area (Å²) in [5.41, 5.74) is 10.7. The predicted molar refractivity (Wildman–Crippen MR) is 454 cm³/mol. The summed E-state index contributed by atoms with van der Waals surface area (Å²) in [6, 6.07) is 7.75. The molecule has 101 heavy (non-hydrogen) atoms. The van der Waals surface area contributed by atoms with E-state index in [4.69, 9.17) is 0 Å². The van der Waals surface area contributed by atoms with Gasteiger partial charge in [-0.05, 0) is 189 Å². The molecule has 572 valence electrons. The van der Waals surface area contributed by atoms with Crippen LogP contribution in [0.3, 0.4) is 0 Å². The van der Waals surface area contributed by atoms with Crippen molar-refractivity contribution in [3.8, 4) is 0 Å². The van der Waals surface area contributed by atoms with Crippen molar-refractivity contribution < 1.29 is 0 Å². The quantitative estimate of drug-likeness (QED) is 0.155. The van der Waals surface area contributed by atoms with E-state index >= 15 is 0 Å². The lowest BCUT2D eigenvalue weighted by Gasteiger charge is -2.22. The third-order valence-corrected chi connectivity index (χ3v) is 9.08. The van der Waals surface area contributed by atoms with E-state index in [-0.39, 0.29) is 16.6 Å². The molecule has 0 atom stereocenters. The highest BCUT2D eigenvalue weighted by atomic mass is 15.3. The molecule has 0 amide bonds. The largest absolute Gasteiger partial charge is 0.345 e. The Morgan fingerprint density at radius 3 is 1.06 bits per heavy atom. The van der Waals surface area contributed by atoms with Crippen LogP contribution in [0.15, 0.2) is 164 Å². The summed E-state index contributed by atoms with van der Waals surface area (Å²) < 4.78 is 6.01. The molecule has 0 radical (unpaired) electrons. The maximum absolute atomic E-state index is 4.30. The van der Waals surface area contributed by atoms with E-state index in [9.17, 15) is 0 Å². The number of aromatic nitrogens is 12. The summed E-state index contributed by atoms with van der Waals surface area (Å²) in [6.45, 7) is 99.4. The molecule has 3 aliphatic rings. The van der Waals surface area contributed by atoms with Crippen LogP contribution in [0.25, 0.3) is 24.3 Å². The second-order valence-electron chi connectivity index (χ2n) is 36.5. The summed E-state index contributed by atoms with van der Waals surface area (Å²) in [5.74, 6) is 1.75. The molecule has 0 saturated heterocycles. The molecular weight excluding hydrogens is 1240 g/mol. The van der Waals surface area contributed by atoms with Crippen LogP contribution in [0.2, 0.25) is 0 Å². The minimum atomic E-state index is 0.0707. The highest BCUT2D eigenvalue weighted by molar-refractivity contribution is 6.04. The van der Waals surface area contributed by atoms with Gasteiger partial charge in [-0.2, -0.15) is 20.4 Å². The Hall–Kier alpha value is -7.81. The summed E-state index contributed by atoms with van der Waals surface area (Å²) in [5, 5.41) is 21.5. The van der Waals surface area contributed by atoms with Crippen molar-refractivity contribution in [1.82, 2.24) is 59.5 Å². The number of H-pyrrole nitrogens is 3. The predicted octanol–water partition coefficient (Wildman–Crippen LogP) is 25.2. The number of aromatic amines is 3. The fourth-order valence-electron chi connectivity index (χ4n) is 5.18. The maximum atomic E-state index is 4.30. The molecule has 9 rings (SSSR count). The molecule has 3 N–H and O–H groups in total. The Kier molecular flexibility index (Phi) is 54.7. The van der Waals surface area contributed by atoms with Gasteiger partial charge in [0.1, 0.15) is 11.6 Å². The average molecular weight is 1400 g/mol. The summed E-state index contributed by atoms with van der Waals surface area (Å²) in [7, 11) is 0. The van der Waals surface area contributed by atoms with Gasteiger partial charge in [0.05, 0.1) is 47.0 Å². The number of nitrogens with one attached hydrogen (secondary N) is 3. The Labute approximate surface area is 621 Å². The lowest BCUT2D eigenvalue weighted by Crippen LogP contribution is -2.22. The summed E-state index contributed by atoms with van der Waals surface area (Å²) in [4.78, 5) is 22.9. The first-order valence-electron chi connectivity index (χ1n) is 35.3. The molecule has 0 bridgehead atoms. The highest BCUT2D eigenvalue weighted by Crippen LogP contribution is 2.17. The molecule has 0 spiro atoms. The molecular formula is C86H153N15. The van der Waals surface area contributed by atoms with E-state index in [1.807, 2.05) is 104 Å². The van der Waals surface area contributed by atoms with E-state index in [2.05, 4.69) is 339 Å². The minimum Gasteiger partial charge on any atom is -0.345 e. The van der Waals surface area contributed by atoms with E-state index in [1.165, 1.54) is 5.71 Å². The van der Waals surface area contributed by atoms with Gasteiger partial charge >= 0.3 is 0 Å². The zero-order chi connectivity index (χ0) is 80.3. The molecule has 0 saturated carbocycles. The number of rotatable bonds is 5. The van der Waals surface area contributed by atoms with Gasteiger partial charge in [-0.25, -0.2) is 9.97 Å². The number of aliphatic imine (C=N–C) groups is 3. The molecule has 6 aromatic heterocycles. The normalized spacial score (nSPS) is 12.3. The second kappa shape index (κ2) is 53.1. The van der Waals surface area contributed by atoms with Crippen LogP contribution in [-0.2, 0) is 16.6 Å². The van der Waals surface area contributed by atoms with Crippen LogP contribution < -0.4 is 0 Å². The third-order valence-electron chi connectivity index (χ3n) is 9.08. The van der Waals surface area contributed by atoms with Crippen molar-refractivity contribution in [1.29, 1.82) is 0 Å². The minimum absolute atomic E-state index is 0.0707. The van der Waals surface area contributed by atoms with Gasteiger partial charge < -0.3 is 9.55 Å². The van der Waals surface area contributed by atoms with Crippen LogP contribution in [0.1, 0.15) is 283 Å². The fraction of sp³-hybridized carbons (Fsp3) is 0.570. The smallest absolute Gasteiger partial charge is 0.132 e. The first-order valence-corrected chi connectivity index (χ1v) is 35.3. The average Bonchev–Trinajstić information content (AvgIpc) is 1.76. The molecule has 0 fully saturated rings. The van der Waals surface area contributed by atoms with Crippen molar-refractivity contribution in [3.05, 3.63) is 184 Å². The number of imidazole rings is 2. The standard InChI is InChI=1S/2C9H14N2.C8H14N2.C6H7N.2C5H6N2.2C5H7N.6C5H12.C4H6N2/c1-5-8-10-6-7-11(8)9(2,3)4;1-5-8-6-7-11(10-8)9(2,3)4;1-7-5-6-10(9-7)8(2,3)4;1-2-6-4-3-5-7-6;1-2-5-6-3-4-7-5;1-2-5-3-4-6-7-5;2*1-5-3-2-4-6-5;6*1-5(2,3)4;1-4-2-3-5-6-4/h2*5-7H,1H2,2-4H3;5-6H,1-4H3;2-4H,1,5H2;2*2-4H,1H2,(H,6,7);2,4H,3H2,1H3;2-3H,4H2,1H3;6*1-4H3;2-3H,1H3,(H,5,6). The van der Waals surface area contributed by atoms with Gasteiger partial charge in [-0.15, -0.1) is 0 Å². The molecule has 6 aromatic rings. The van der Waals surface area contributed by atoms with Gasteiger partial charge in [0.2, 0.25) is 0 Å². The van der Waals surface area contributed by atoms with Crippen molar-refractivity contribution in [2.75, 3.05) is 13.1 Å². The Morgan fingerprint density at radius 1 is 0.426 bits per heavy atom. The molecule has 9 heterocycles. The first-order chi connectivity index (χ1) is 45.6.